The zero-order valence-corrected chi connectivity index (χ0v) is 22.1. The molecule has 0 radical (unpaired) electrons. The van der Waals surface area contributed by atoms with Gasteiger partial charge in [0, 0.05) is 25.0 Å². The van der Waals surface area contributed by atoms with Crippen molar-refractivity contribution >= 4 is 28.8 Å². The third-order valence-electron chi connectivity index (χ3n) is 6.48. The average molecular weight is 532 g/mol. The van der Waals surface area contributed by atoms with Crippen LogP contribution in [0.15, 0.2) is 96.1 Å². The normalized spacial score (nSPS) is 14.6. The number of amides is 1. The molecule has 40 heavy (non-hydrogen) atoms. The molecule has 1 unspecified atom stereocenters. The third kappa shape index (κ3) is 4.58. The Hall–Kier alpha value is -5.31. The SMILES string of the molecule is CC(=O)Oc1cccc(C2OC(c3cc(-c4ccccc4)nc4c3c(C)nn4-c3ccccc3)=NN2C(C)=O)c1. The number of rotatable bonds is 5. The Morgan fingerprint density at radius 2 is 1.62 bits per heavy atom. The summed E-state index contributed by atoms with van der Waals surface area (Å²) in [6, 6.07) is 28.4. The number of pyridine rings is 1. The number of hydrogen-bond donors (Lipinski definition) is 0. The van der Waals surface area contributed by atoms with E-state index in [1.807, 2.05) is 73.7 Å². The smallest absolute Gasteiger partial charge is 0.308 e. The number of benzene rings is 3. The first kappa shape index (κ1) is 25.0. The number of nitrogens with zero attached hydrogens (tertiary/aromatic N) is 5. The van der Waals surface area contributed by atoms with Gasteiger partial charge in [-0.05, 0) is 37.3 Å². The minimum Gasteiger partial charge on any atom is -0.446 e. The molecule has 3 aromatic carbocycles. The second kappa shape index (κ2) is 10.1. The van der Waals surface area contributed by atoms with Crippen LogP contribution in [-0.4, -0.2) is 37.5 Å². The molecule has 0 saturated carbocycles. The third-order valence-corrected chi connectivity index (χ3v) is 6.48. The average Bonchev–Trinajstić information content (AvgIpc) is 3.56. The Bertz CT molecular complexity index is 1780. The number of carbonyl (C=O) groups excluding carboxylic acids is 2. The molecular formula is C31H25N5O4. The molecule has 0 spiro atoms. The summed E-state index contributed by atoms with van der Waals surface area (Å²) in [4.78, 5) is 29.2. The molecule has 0 N–H and O–H groups in total. The maximum Gasteiger partial charge on any atom is 0.308 e. The van der Waals surface area contributed by atoms with Gasteiger partial charge in [-0.25, -0.2) is 9.67 Å². The first-order valence-electron chi connectivity index (χ1n) is 12.7. The summed E-state index contributed by atoms with van der Waals surface area (Å²) in [6.45, 7) is 4.67. The van der Waals surface area contributed by atoms with E-state index in [9.17, 15) is 9.59 Å². The van der Waals surface area contributed by atoms with Gasteiger partial charge in [-0.2, -0.15) is 10.1 Å². The van der Waals surface area contributed by atoms with Crippen LogP contribution in [0.25, 0.3) is 28.0 Å². The maximum absolute atomic E-state index is 12.7. The fraction of sp³-hybridized carbons (Fsp3) is 0.129. The van der Waals surface area contributed by atoms with Crippen LogP contribution in [0.3, 0.4) is 0 Å². The summed E-state index contributed by atoms with van der Waals surface area (Å²) >= 11 is 0. The van der Waals surface area contributed by atoms with E-state index >= 15 is 0 Å². The van der Waals surface area contributed by atoms with Crippen molar-refractivity contribution in [2.24, 2.45) is 5.10 Å². The van der Waals surface area contributed by atoms with E-state index in [1.165, 1.54) is 18.9 Å². The van der Waals surface area contributed by atoms with Gasteiger partial charge < -0.3 is 9.47 Å². The largest absolute Gasteiger partial charge is 0.446 e. The van der Waals surface area contributed by atoms with Crippen molar-refractivity contribution in [1.29, 1.82) is 0 Å². The van der Waals surface area contributed by atoms with Crippen LogP contribution in [0.2, 0.25) is 0 Å². The molecule has 2 aromatic heterocycles. The lowest BCUT2D eigenvalue weighted by Crippen LogP contribution is -2.25. The highest BCUT2D eigenvalue weighted by molar-refractivity contribution is 6.08. The molecule has 1 atom stereocenters. The molecule has 0 saturated heterocycles. The van der Waals surface area contributed by atoms with E-state index in [4.69, 9.17) is 19.6 Å². The highest BCUT2D eigenvalue weighted by Crippen LogP contribution is 2.36. The number of para-hydroxylation sites is 1. The van der Waals surface area contributed by atoms with Gasteiger partial charge in [0.2, 0.25) is 18.0 Å². The molecule has 3 heterocycles. The summed E-state index contributed by atoms with van der Waals surface area (Å²) in [5.74, 6) is -0.131. The highest BCUT2D eigenvalue weighted by atomic mass is 16.5. The van der Waals surface area contributed by atoms with Crippen molar-refractivity contribution in [3.8, 4) is 22.7 Å². The fourth-order valence-electron chi connectivity index (χ4n) is 4.75. The first-order valence-corrected chi connectivity index (χ1v) is 12.7. The predicted octanol–water partition coefficient (Wildman–Crippen LogP) is 5.56. The number of aryl methyl sites for hydroxylation is 1. The Morgan fingerprint density at radius 1 is 0.900 bits per heavy atom. The number of ether oxygens (including phenoxy) is 2. The number of esters is 1. The first-order chi connectivity index (χ1) is 19.4. The zero-order chi connectivity index (χ0) is 27.8. The molecule has 1 aliphatic heterocycles. The standard InChI is InChI=1S/C31H25N5O4/c1-19-28-26(30-34-35(20(2)37)31(40-30)23-13-10-16-25(17-23)39-21(3)38)18-27(22-11-6-4-7-12-22)32-29(28)36(33-19)24-14-8-5-9-15-24/h4-18,31H,1-3H3. The Kier molecular flexibility index (Phi) is 6.31. The van der Waals surface area contributed by atoms with E-state index in [2.05, 4.69) is 5.10 Å². The Morgan fingerprint density at radius 3 is 2.33 bits per heavy atom. The molecule has 0 aliphatic carbocycles. The minimum atomic E-state index is -0.851. The van der Waals surface area contributed by atoms with E-state index in [0.717, 1.165) is 22.3 Å². The van der Waals surface area contributed by atoms with Crippen LogP contribution in [-0.2, 0) is 14.3 Å². The topological polar surface area (TPSA) is 98.9 Å². The molecule has 1 amide bonds. The van der Waals surface area contributed by atoms with E-state index in [1.54, 1.807) is 28.9 Å². The van der Waals surface area contributed by atoms with E-state index in [-0.39, 0.29) is 11.8 Å². The summed E-state index contributed by atoms with van der Waals surface area (Å²) in [6.07, 6.45) is -0.851. The number of carbonyl (C=O) groups is 2. The van der Waals surface area contributed by atoms with Crippen LogP contribution in [0.4, 0.5) is 0 Å². The zero-order valence-electron chi connectivity index (χ0n) is 22.1. The summed E-state index contributed by atoms with van der Waals surface area (Å²) < 4.78 is 13.4. The molecule has 6 rings (SSSR count). The van der Waals surface area contributed by atoms with Crippen molar-refractivity contribution in [2.75, 3.05) is 0 Å². The van der Waals surface area contributed by atoms with E-state index < -0.39 is 12.2 Å². The molecule has 1 aliphatic rings. The summed E-state index contributed by atoms with van der Waals surface area (Å²) in [5, 5.41) is 11.5. The molecule has 5 aromatic rings. The summed E-state index contributed by atoms with van der Waals surface area (Å²) in [7, 11) is 0. The Labute approximate surface area is 230 Å². The van der Waals surface area contributed by atoms with Crippen molar-refractivity contribution in [3.05, 3.63) is 108 Å². The molecule has 198 valence electrons. The van der Waals surface area contributed by atoms with Crippen LogP contribution in [0, 0.1) is 6.92 Å². The van der Waals surface area contributed by atoms with Crippen molar-refractivity contribution in [1.82, 2.24) is 19.8 Å². The predicted molar refractivity (Wildman–Crippen MR) is 150 cm³/mol. The second-order valence-electron chi connectivity index (χ2n) is 9.36. The quantitative estimate of drug-likeness (QED) is 0.218. The number of hydrazone groups is 1. The van der Waals surface area contributed by atoms with Gasteiger partial charge in [-0.3, -0.25) is 9.59 Å². The van der Waals surface area contributed by atoms with E-state index in [0.29, 0.717) is 28.2 Å². The lowest BCUT2D eigenvalue weighted by molar-refractivity contribution is -0.135. The van der Waals surface area contributed by atoms with Gasteiger partial charge in [0.15, 0.2) is 5.65 Å². The van der Waals surface area contributed by atoms with Gasteiger partial charge in [-0.15, -0.1) is 5.10 Å². The monoisotopic (exact) mass is 531 g/mol. The fourth-order valence-corrected chi connectivity index (χ4v) is 4.75. The second-order valence-corrected chi connectivity index (χ2v) is 9.36. The van der Waals surface area contributed by atoms with Crippen molar-refractivity contribution in [2.45, 2.75) is 27.0 Å². The van der Waals surface area contributed by atoms with Gasteiger partial charge in [0.05, 0.1) is 28.0 Å². The molecular weight excluding hydrogens is 506 g/mol. The molecule has 9 heteroatoms. The van der Waals surface area contributed by atoms with Crippen LogP contribution < -0.4 is 4.74 Å². The molecule has 0 bridgehead atoms. The van der Waals surface area contributed by atoms with Gasteiger partial charge >= 0.3 is 5.97 Å². The lowest BCUT2D eigenvalue weighted by Gasteiger charge is -2.19. The van der Waals surface area contributed by atoms with Crippen molar-refractivity contribution < 1.29 is 19.1 Å². The number of fused-ring (bicyclic) bond motifs is 1. The molecule has 9 nitrogen and oxygen atoms in total. The van der Waals surface area contributed by atoms with Crippen LogP contribution in [0.5, 0.6) is 5.75 Å². The van der Waals surface area contributed by atoms with Gasteiger partial charge in [0.25, 0.3) is 0 Å². The highest BCUT2D eigenvalue weighted by Gasteiger charge is 2.35. The van der Waals surface area contributed by atoms with Crippen LogP contribution in [0.1, 0.15) is 36.9 Å². The lowest BCUT2D eigenvalue weighted by atomic mass is 10.1. The minimum absolute atomic E-state index is 0.262. The molecule has 0 fully saturated rings. The van der Waals surface area contributed by atoms with Gasteiger partial charge in [-0.1, -0.05) is 60.7 Å². The van der Waals surface area contributed by atoms with Gasteiger partial charge in [0.1, 0.15) is 5.75 Å². The van der Waals surface area contributed by atoms with Crippen LogP contribution >= 0.6 is 0 Å². The maximum atomic E-state index is 12.7. The number of hydrogen-bond acceptors (Lipinski definition) is 7. The van der Waals surface area contributed by atoms with Crippen molar-refractivity contribution in [3.63, 3.8) is 0 Å². The Balaban J connectivity index is 1.52. The summed E-state index contributed by atoms with van der Waals surface area (Å²) in [5.41, 5.74) is 5.14. The number of aromatic nitrogens is 3.